The molecule has 0 radical (unpaired) electrons. The van der Waals surface area contributed by atoms with Crippen molar-refractivity contribution >= 4 is 29.2 Å². The Hall–Kier alpha value is -1.59. The first-order valence-electron chi connectivity index (χ1n) is 5.49. The molecule has 96 valence electrons. The Morgan fingerprint density at radius 2 is 2.33 bits per heavy atom. The van der Waals surface area contributed by atoms with Crippen LogP contribution in [0.15, 0.2) is 12.1 Å². The molecule has 0 fully saturated rings. The highest BCUT2D eigenvalue weighted by molar-refractivity contribution is 6.31. The Kier molecular flexibility index (Phi) is 3.54. The van der Waals surface area contributed by atoms with E-state index in [0.717, 1.165) is 0 Å². The third-order valence-corrected chi connectivity index (χ3v) is 2.85. The molecule has 1 aromatic rings. The number of rotatable bonds is 3. The summed E-state index contributed by atoms with van der Waals surface area (Å²) in [5.74, 6) is -0.951. The number of carbonyl (C=O) groups excluding carboxylic acids is 2. The Morgan fingerprint density at radius 1 is 1.61 bits per heavy atom. The molecule has 1 aromatic carbocycles. The van der Waals surface area contributed by atoms with Crippen LogP contribution < -0.4 is 5.32 Å². The highest BCUT2D eigenvalue weighted by atomic mass is 35.5. The number of amides is 1. The number of carbonyl (C=O) groups is 2. The molecular formula is C12H12ClNO4. The largest absolute Gasteiger partial charge is 0.464 e. The van der Waals surface area contributed by atoms with Crippen molar-refractivity contribution in [3.05, 3.63) is 28.3 Å². The molecule has 0 bridgehead atoms. The fourth-order valence-electron chi connectivity index (χ4n) is 1.90. The number of aliphatic hydroxyl groups excluding tert-OH is 1. The number of fused-ring (bicyclic) bond motifs is 1. The van der Waals surface area contributed by atoms with E-state index in [4.69, 9.17) is 16.3 Å². The molecule has 1 heterocycles. The van der Waals surface area contributed by atoms with Crippen LogP contribution in [0.3, 0.4) is 0 Å². The molecular weight excluding hydrogens is 258 g/mol. The lowest BCUT2D eigenvalue weighted by atomic mass is 10.0. The first-order chi connectivity index (χ1) is 8.52. The van der Waals surface area contributed by atoms with Crippen LogP contribution in [0.1, 0.15) is 24.2 Å². The van der Waals surface area contributed by atoms with Gasteiger partial charge in [-0.25, -0.2) is 4.79 Å². The summed E-state index contributed by atoms with van der Waals surface area (Å²) >= 11 is 5.90. The molecule has 5 nitrogen and oxygen atoms in total. The van der Waals surface area contributed by atoms with Crippen LogP contribution in [0.2, 0.25) is 5.02 Å². The van der Waals surface area contributed by atoms with Crippen molar-refractivity contribution in [2.75, 3.05) is 11.9 Å². The monoisotopic (exact) mass is 269 g/mol. The molecule has 1 amide bonds. The van der Waals surface area contributed by atoms with E-state index in [9.17, 15) is 14.7 Å². The summed E-state index contributed by atoms with van der Waals surface area (Å²) in [6.07, 6.45) is -1.26. The molecule has 0 saturated heterocycles. The van der Waals surface area contributed by atoms with E-state index in [1.807, 2.05) is 0 Å². The van der Waals surface area contributed by atoms with Gasteiger partial charge in [0.2, 0.25) is 5.91 Å². The summed E-state index contributed by atoms with van der Waals surface area (Å²) in [4.78, 5) is 22.8. The number of hydrogen-bond donors (Lipinski definition) is 2. The lowest BCUT2D eigenvalue weighted by molar-refractivity contribution is -0.153. The molecule has 1 aliphatic rings. The van der Waals surface area contributed by atoms with Crippen LogP contribution >= 0.6 is 11.6 Å². The Morgan fingerprint density at radius 3 is 3.00 bits per heavy atom. The molecule has 2 N–H and O–H groups in total. The topological polar surface area (TPSA) is 75.6 Å². The van der Waals surface area contributed by atoms with Gasteiger partial charge in [0.25, 0.3) is 0 Å². The summed E-state index contributed by atoms with van der Waals surface area (Å²) in [5, 5.41) is 12.9. The second-order valence-electron chi connectivity index (χ2n) is 3.91. The van der Waals surface area contributed by atoms with Crippen molar-refractivity contribution in [2.24, 2.45) is 0 Å². The predicted octanol–water partition coefficient (Wildman–Crippen LogP) is 1.43. The van der Waals surface area contributed by atoms with Crippen molar-refractivity contribution < 1.29 is 19.4 Å². The normalized spacial score (nSPS) is 14.9. The highest BCUT2D eigenvalue weighted by Crippen LogP contribution is 2.34. The number of nitrogens with one attached hydrogen (secondary N) is 1. The first-order valence-corrected chi connectivity index (χ1v) is 5.87. The van der Waals surface area contributed by atoms with Crippen LogP contribution in [0, 0.1) is 0 Å². The predicted molar refractivity (Wildman–Crippen MR) is 65.4 cm³/mol. The van der Waals surface area contributed by atoms with E-state index in [2.05, 4.69) is 5.32 Å². The second-order valence-corrected chi connectivity index (χ2v) is 4.35. The maximum absolute atomic E-state index is 11.5. The molecule has 1 aliphatic heterocycles. The van der Waals surface area contributed by atoms with E-state index >= 15 is 0 Å². The summed E-state index contributed by atoms with van der Waals surface area (Å²) in [6.45, 7) is 1.82. The molecule has 6 heteroatoms. The van der Waals surface area contributed by atoms with E-state index < -0.39 is 12.1 Å². The number of ether oxygens (including phenoxy) is 1. The number of esters is 1. The first kappa shape index (κ1) is 12.9. The summed E-state index contributed by atoms with van der Waals surface area (Å²) in [7, 11) is 0. The van der Waals surface area contributed by atoms with Gasteiger partial charge < -0.3 is 15.2 Å². The second kappa shape index (κ2) is 4.96. The molecule has 1 atom stereocenters. The Bertz CT molecular complexity index is 515. The maximum atomic E-state index is 11.5. The number of hydrogen-bond acceptors (Lipinski definition) is 4. The fraction of sp³-hybridized carbons (Fsp3) is 0.333. The molecule has 0 aromatic heterocycles. The van der Waals surface area contributed by atoms with Crippen LogP contribution in [-0.4, -0.2) is 23.6 Å². The fourth-order valence-corrected chi connectivity index (χ4v) is 2.15. The molecule has 18 heavy (non-hydrogen) atoms. The van der Waals surface area contributed by atoms with Crippen molar-refractivity contribution in [3.8, 4) is 0 Å². The average Bonchev–Trinajstić information content (AvgIpc) is 2.67. The lowest BCUT2D eigenvalue weighted by Crippen LogP contribution is -2.17. The van der Waals surface area contributed by atoms with Gasteiger partial charge in [-0.15, -0.1) is 0 Å². The third kappa shape index (κ3) is 2.32. The van der Waals surface area contributed by atoms with Gasteiger partial charge in [0, 0.05) is 10.6 Å². The van der Waals surface area contributed by atoms with Gasteiger partial charge in [-0.3, -0.25) is 4.79 Å². The highest BCUT2D eigenvalue weighted by Gasteiger charge is 2.28. The van der Waals surface area contributed by atoms with Gasteiger partial charge in [-0.2, -0.15) is 0 Å². The quantitative estimate of drug-likeness (QED) is 0.814. The zero-order chi connectivity index (χ0) is 13.3. The minimum atomic E-state index is -1.45. The molecule has 2 rings (SSSR count). The number of benzene rings is 1. The average molecular weight is 270 g/mol. The van der Waals surface area contributed by atoms with Crippen LogP contribution in [0.4, 0.5) is 5.69 Å². The van der Waals surface area contributed by atoms with Crippen molar-refractivity contribution in [1.29, 1.82) is 0 Å². The zero-order valence-electron chi connectivity index (χ0n) is 9.70. The summed E-state index contributed by atoms with van der Waals surface area (Å²) in [6, 6.07) is 3.09. The van der Waals surface area contributed by atoms with Gasteiger partial charge in [0.15, 0.2) is 6.10 Å². The Labute approximate surface area is 109 Å². The standard InChI is InChI=1S/C12H12ClNO4/c1-2-18-12(17)11(16)8-5-7(13)3-6-4-9(15)14-10(6)8/h3,5,11,16H,2,4H2,1H3,(H,14,15). The van der Waals surface area contributed by atoms with Crippen molar-refractivity contribution in [3.63, 3.8) is 0 Å². The van der Waals surface area contributed by atoms with Crippen molar-refractivity contribution in [1.82, 2.24) is 0 Å². The summed E-state index contributed by atoms with van der Waals surface area (Å²) < 4.78 is 4.74. The third-order valence-electron chi connectivity index (χ3n) is 2.64. The smallest absolute Gasteiger partial charge is 0.339 e. The van der Waals surface area contributed by atoms with Gasteiger partial charge in [0.05, 0.1) is 18.7 Å². The van der Waals surface area contributed by atoms with E-state index in [1.165, 1.54) is 6.07 Å². The van der Waals surface area contributed by atoms with Gasteiger partial charge >= 0.3 is 5.97 Å². The molecule has 0 spiro atoms. The van der Waals surface area contributed by atoms with Crippen LogP contribution in [-0.2, 0) is 20.7 Å². The van der Waals surface area contributed by atoms with Gasteiger partial charge in [-0.05, 0) is 24.6 Å². The minimum Gasteiger partial charge on any atom is -0.464 e. The van der Waals surface area contributed by atoms with E-state index in [1.54, 1.807) is 13.0 Å². The molecule has 1 unspecified atom stereocenters. The zero-order valence-corrected chi connectivity index (χ0v) is 10.5. The Balaban J connectivity index is 2.39. The minimum absolute atomic E-state index is 0.172. The van der Waals surface area contributed by atoms with Gasteiger partial charge in [-0.1, -0.05) is 11.6 Å². The van der Waals surface area contributed by atoms with Crippen molar-refractivity contribution in [2.45, 2.75) is 19.4 Å². The number of anilines is 1. The maximum Gasteiger partial charge on any atom is 0.339 e. The van der Waals surface area contributed by atoms with Crippen LogP contribution in [0.25, 0.3) is 0 Å². The van der Waals surface area contributed by atoms with E-state index in [0.29, 0.717) is 16.3 Å². The van der Waals surface area contributed by atoms with Gasteiger partial charge in [0.1, 0.15) is 0 Å². The lowest BCUT2D eigenvalue weighted by Gasteiger charge is -2.14. The van der Waals surface area contributed by atoms with Crippen LogP contribution in [0.5, 0.6) is 0 Å². The van der Waals surface area contributed by atoms with E-state index in [-0.39, 0.29) is 24.5 Å². The number of halogens is 1. The molecule has 0 saturated carbocycles. The SMILES string of the molecule is CCOC(=O)C(O)c1cc(Cl)cc2c1NC(=O)C2. The number of aliphatic hydroxyl groups is 1. The summed E-state index contributed by atoms with van der Waals surface area (Å²) in [5.41, 5.74) is 1.39. The molecule has 0 aliphatic carbocycles.